The van der Waals surface area contributed by atoms with E-state index in [1.54, 1.807) is 6.07 Å². The number of phenols is 1. The van der Waals surface area contributed by atoms with Crippen molar-refractivity contribution in [3.05, 3.63) is 42.0 Å². The molecule has 0 unspecified atom stereocenters. The van der Waals surface area contributed by atoms with E-state index in [9.17, 15) is 5.11 Å². The van der Waals surface area contributed by atoms with Gasteiger partial charge >= 0.3 is 0 Å². The maximum atomic E-state index is 9.50. The molecule has 0 aliphatic heterocycles. The summed E-state index contributed by atoms with van der Waals surface area (Å²) >= 11 is 0. The second-order valence-corrected chi connectivity index (χ2v) is 3.82. The molecule has 0 saturated carbocycles. The molecule has 0 atom stereocenters. The third-order valence-electron chi connectivity index (χ3n) is 2.08. The number of benzene rings is 1. The van der Waals surface area contributed by atoms with Crippen LogP contribution in [0.2, 0.25) is 0 Å². The van der Waals surface area contributed by atoms with Crippen molar-refractivity contribution in [2.75, 3.05) is 19.8 Å². The van der Waals surface area contributed by atoms with E-state index in [2.05, 4.69) is 11.9 Å². The quantitative estimate of drug-likeness (QED) is 0.547. The van der Waals surface area contributed by atoms with E-state index in [4.69, 9.17) is 4.74 Å². The van der Waals surface area contributed by atoms with Crippen LogP contribution in [-0.4, -0.2) is 24.9 Å². The lowest BCUT2D eigenvalue weighted by molar-refractivity contribution is 0.157. The molecule has 3 heteroatoms. The van der Waals surface area contributed by atoms with Gasteiger partial charge in [-0.3, -0.25) is 0 Å². The smallest absolute Gasteiger partial charge is 0.120 e. The van der Waals surface area contributed by atoms with Crippen molar-refractivity contribution < 1.29 is 9.84 Å². The number of phenolic OH excluding ortho intramolecular Hbond substituents is 1. The molecule has 0 aliphatic rings. The number of para-hydroxylation sites is 1. The van der Waals surface area contributed by atoms with Gasteiger partial charge in [0.15, 0.2) is 0 Å². The zero-order valence-electron chi connectivity index (χ0n) is 9.70. The van der Waals surface area contributed by atoms with Crippen LogP contribution in [0.3, 0.4) is 0 Å². The maximum absolute atomic E-state index is 9.50. The first kappa shape index (κ1) is 12.7. The predicted molar refractivity (Wildman–Crippen MR) is 65.4 cm³/mol. The third kappa shape index (κ3) is 4.96. The van der Waals surface area contributed by atoms with Gasteiger partial charge in [0.2, 0.25) is 0 Å². The number of ether oxygens (including phenoxy) is 1. The number of nitrogens with one attached hydrogen (secondary N) is 1. The molecule has 88 valence electrons. The number of hydrogen-bond acceptors (Lipinski definition) is 3. The highest BCUT2D eigenvalue weighted by atomic mass is 16.5. The Morgan fingerprint density at radius 3 is 2.88 bits per heavy atom. The minimum atomic E-state index is 0.331. The maximum Gasteiger partial charge on any atom is 0.120 e. The Balaban J connectivity index is 2.12. The van der Waals surface area contributed by atoms with Gasteiger partial charge in [-0.25, -0.2) is 0 Å². The van der Waals surface area contributed by atoms with Crippen molar-refractivity contribution in [1.29, 1.82) is 0 Å². The van der Waals surface area contributed by atoms with Gasteiger partial charge in [-0.2, -0.15) is 0 Å². The van der Waals surface area contributed by atoms with Crippen molar-refractivity contribution in [2.24, 2.45) is 0 Å². The highest BCUT2D eigenvalue weighted by Crippen LogP contribution is 2.14. The van der Waals surface area contributed by atoms with Crippen LogP contribution in [0, 0.1) is 0 Å². The van der Waals surface area contributed by atoms with Crippen LogP contribution in [0.4, 0.5) is 0 Å². The molecule has 16 heavy (non-hydrogen) atoms. The van der Waals surface area contributed by atoms with E-state index in [1.165, 1.54) is 0 Å². The normalized spacial score (nSPS) is 10.3. The minimum absolute atomic E-state index is 0.331. The average Bonchev–Trinajstić information content (AvgIpc) is 2.25. The Hall–Kier alpha value is -1.32. The van der Waals surface area contributed by atoms with Gasteiger partial charge in [0.05, 0.1) is 13.2 Å². The third-order valence-corrected chi connectivity index (χ3v) is 2.08. The van der Waals surface area contributed by atoms with Crippen LogP contribution in [0.1, 0.15) is 12.5 Å². The van der Waals surface area contributed by atoms with Crippen molar-refractivity contribution >= 4 is 0 Å². The van der Waals surface area contributed by atoms with E-state index >= 15 is 0 Å². The second kappa shape index (κ2) is 7.04. The van der Waals surface area contributed by atoms with Crippen molar-refractivity contribution in [3.63, 3.8) is 0 Å². The standard InChI is InChI=1S/C13H19NO2/c1-11(2)10-16-8-7-14-9-12-5-3-4-6-13(12)15/h3-6,14-15H,1,7-10H2,2H3. The van der Waals surface area contributed by atoms with Crippen LogP contribution in [0.25, 0.3) is 0 Å². The SMILES string of the molecule is C=C(C)COCCNCc1ccccc1O. The largest absolute Gasteiger partial charge is 0.508 e. The molecular formula is C13H19NO2. The second-order valence-electron chi connectivity index (χ2n) is 3.82. The first-order chi connectivity index (χ1) is 7.70. The fraction of sp³-hybridized carbons (Fsp3) is 0.385. The summed E-state index contributed by atoms with van der Waals surface area (Å²) in [6.07, 6.45) is 0. The van der Waals surface area contributed by atoms with Gasteiger partial charge in [0.25, 0.3) is 0 Å². The molecule has 1 rings (SSSR count). The van der Waals surface area contributed by atoms with E-state index in [0.29, 0.717) is 25.5 Å². The summed E-state index contributed by atoms with van der Waals surface area (Å²) in [7, 11) is 0. The lowest BCUT2D eigenvalue weighted by Gasteiger charge is -2.07. The van der Waals surface area contributed by atoms with E-state index in [0.717, 1.165) is 17.7 Å². The van der Waals surface area contributed by atoms with E-state index < -0.39 is 0 Å². The summed E-state index contributed by atoms with van der Waals surface area (Å²) in [4.78, 5) is 0. The molecule has 0 radical (unpaired) electrons. The van der Waals surface area contributed by atoms with Crippen LogP contribution in [-0.2, 0) is 11.3 Å². The summed E-state index contributed by atoms with van der Waals surface area (Å²) in [5, 5.41) is 12.7. The lowest BCUT2D eigenvalue weighted by Crippen LogP contribution is -2.19. The highest BCUT2D eigenvalue weighted by Gasteiger charge is 1.97. The molecule has 0 amide bonds. The Morgan fingerprint density at radius 2 is 2.19 bits per heavy atom. The van der Waals surface area contributed by atoms with Gasteiger partial charge < -0.3 is 15.2 Å². The molecule has 0 aliphatic carbocycles. The average molecular weight is 221 g/mol. The lowest BCUT2D eigenvalue weighted by atomic mass is 10.2. The molecular weight excluding hydrogens is 202 g/mol. The van der Waals surface area contributed by atoms with Crippen molar-refractivity contribution in [3.8, 4) is 5.75 Å². The summed E-state index contributed by atoms with van der Waals surface area (Å²) in [5.41, 5.74) is 1.93. The number of aromatic hydroxyl groups is 1. The molecule has 3 nitrogen and oxygen atoms in total. The number of hydrogen-bond donors (Lipinski definition) is 2. The molecule has 0 spiro atoms. The monoisotopic (exact) mass is 221 g/mol. The summed E-state index contributed by atoms with van der Waals surface area (Å²) < 4.78 is 5.34. The van der Waals surface area contributed by atoms with Gasteiger partial charge in [0, 0.05) is 18.7 Å². The Labute approximate surface area is 96.8 Å². The van der Waals surface area contributed by atoms with Gasteiger partial charge in [0.1, 0.15) is 5.75 Å². The first-order valence-corrected chi connectivity index (χ1v) is 5.40. The first-order valence-electron chi connectivity index (χ1n) is 5.40. The topological polar surface area (TPSA) is 41.5 Å². The summed E-state index contributed by atoms with van der Waals surface area (Å²) in [6.45, 7) is 8.38. The van der Waals surface area contributed by atoms with Crippen LogP contribution in [0.5, 0.6) is 5.75 Å². The predicted octanol–water partition coefficient (Wildman–Crippen LogP) is 2.07. The van der Waals surface area contributed by atoms with E-state index in [1.807, 2.05) is 25.1 Å². The van der Waals surface area contributed by atoms with Crippen molar-refractivity contribution in [1.82, 2.24) is 5.32 Å². The molecule has 0 aromatic heterocycles. The molecule has 2 N–H and O–H groups in total. The van der Waals surface area contributed by atoms with Gasteiger partial charge in [-0.1, -0.05) is 30.4 Å². The Kier molecular flexibility index (Phi) is 5.61. The number of rotatable bonds is 7. The zero-order valence-corrected chi connectivity index (χ0v) is 9.70. The van der Waals surface area contributed by atoms with E-state index in [-0.39, 0.29) is 0 Å². The molecule has 0 heterocycles. The molecule has 1 aromatic rings. The Morgan fingerprint density at radius 1 is 1.44 bits per heavy atom. The Bertz CT molecular complexity index is 336. The van der Waals surface area contributed by atoms with Crippen LogP contribution < -0.4 is 5.32 Å². The molecule has 0 fully saturated rings. The van der Waals surface area contributed by atoms with Crippen molar-refractivity contribution in [2.45, 2.75) is 13.5 Å². The van der Waals surface area contributed by atoms with Gasteiger partial charge in [-0.15, -0.1) is 0 Å². The zero-order chi connectivity index (χ0) is 11.8. The van der Waals surface area contributed by atoms with Gasteiger partial charge in [-0.05, 0) is 13.0 Å². The minimum Gasteiger partial charge on any atom is -0.508 e. The summed E-state index contributed by atoms with van der Waals surface area (Å²) in [5.74, 6) is 0.331. The fourth-order valence-corrected chi connectivity index (χ4v) is 1.27. The molecule has 0 saturated heterocycles. The fourth-order valence-electron chi connectivity index (χ4n) is 1.27. The summed E-state index contributed by atoms with van der Waals surface area (Å²) in [6, 6.07) is 7.31. The highest BCUT2D eigenvalue weighted by molar-refractivity contribution is 5.31. The molecule has 0 bridgehead atoms. The van der Waals surface area contributed by atoms with Crippen LogP contribution in [0.15, 0.2) is 36.4 Å². The van der Waals surface area contributed by atoms with Crippen LogP contribution >= 0.6 is 0 Å². The molecule has 1 aromatic carbocycles.